The molecule has 0 aliphatic carbocycles. The summed E-state index contributed by atoms with van der Waals surface area (Å²) in [7, 11) is 0. The van der Waals surface area contributed by atoms with Gasteiger partial charge in [-0.15, -0.1) is 0 Å². The topological polar surface area (TPSA) is 48.4 Å². The van der Waals surface area contributed by atoms with Crippen LogP contribution in [0.25, 0.3) is 22.0 Å². The molecule has 0 saturated carbocycles. The fourth-order valence-electron chi connectivity index (χ4n) is 4.35. The average molecular weight is 461 g/mol. The number of nitrogens with zero attached hydrogens (tertiary/aromatic N) is 2. The fraction of sp³-hybridized carbons (Fsp3) is 0.222. The Labute approximate surface area is 197 Å². The Morgan fingerprint density at radius 3 is 2.73 bits per heavy atom. The van der Waals surface area contributed by atoms with Crippen LogP contribution in [0.2, 0.25) is 5.02 Å². The zero-order valence-electron chi connectivity index (χ0n) is 18.1. The maximum Gasteiger partial charge on any atom is 0.170 e. The largest absolute Gasteiger partial charge is 0.504 e. The molecule has 1 aliphatic heterocycles. The van der Waals surface area contributed by atoms with Crippen LogP contribution in [0.1, 0.15) is 18.4 Å². The first-order valence-corrected chi connectivity index (χ1v) is 11.5. The molecule has 0 unspecified atom stereocenters. The molecule has 0 amide bonds. The molecular weight excluding hydrogens is 437 g/mol. The molecule has 3 aromatic carbocycles. The molecule has 1 fully saturated rings. The van der Waals surface area contributed by atoms with E-state index in [1.807, 2.05) is 24.3 Å². The van der Waals surface area contributed by atoms with Gasteiger partial charge >= 0.3 is 0 Å². The molecule has 0 spiro atoms. The summed E-state index contributed by atoms with van der Waals surface area (Å²) in [5.74, 6) is -1.29. The smallest absolute Gasteiger partial charge is 0.170 e. The molecular formula is C27H24ClFN3O. The average Bonchev–Trinajstić information content (AvgIpc) is 3.35. The van der Waals surface area contributed by atoms with E-state index in [2.05, 4.69) is 39.5 Å². The third-order valence-corrected chi connectivity index (χ3v) is 6.43. The number of anilines is 2. The number of halogens is 2. The predicted octanol–water partition coefficient (Wildman–Crippen LogP) is 6.58. The van der Waals surface area contributed by atoms with Gasteiger partial charge in [-0.3, -0.25) is 4.98 Å². The maximum absolute atomic E-state index is 14.0. The summed E-state index contributed by atoms with van der Waals surface area (Å²) in [5, 5.41) is 14.0. The Balaban J connectivity index is 1.43. The van der Waals surface area contributed by atoms with E-state index >= 15 is 0 Å². The molecule has 167 valence electrons. The van der Waals surface area contributed by atoms with E-state index < -0.39 is 11.6 Å². The van der Waals surface area contributed by atoms with Gasteiger partial charge in [0.2, 0.25) is 0 Å². The molecule has 33 heavy (non-hydrogen) atoms. The molecule has 0 atom stereocenters. The number of aromatic hydroxyl groups is 1. The van der Waals surface area contributed by atoms with Gasteiger partial charge in [-0.05, 0) is 85.4 Å². The van der Waals surface area contributed by atoms with Crippen molar-refractivity contribution in [3.8, 4) is 16.9 Å². The summed E-state index contributed by atoms with van der Waals surface area (Å²) in [6, 6.07) is 20.1. The minimum atomic E-state index is -0.751. The molecule has 1 aliphatic rings. The third-order valence-electron chi connectivity index (χ3n) is 6.14. The summed E-state index contributed by atoms with van der Waals surface area (Å²) >= 11 is 5.98. The predicted molar refractivity (Wildman–Crippen MR) is 132 cm³/mol. The van der Waals surface area contributed by atoms with Crippen molar-refractivity contribution in [1.29, 1.82) is 0 Å². The van der Waals surface area contributed by atoms with Gasteiger partial charge in [0, 0.05) is 29.9 Å². The highest BCUT2D eigenvalue weighted by Crippen LogP contribution is 2.35. The standard InChI is InChI=1S/C27H24ClFN3O/c28-23-16-20(17-24(29)27(23)33)19-6-7-25-22(15-19)26(8-10-30-25)31-21-5-3-4-18(14-21)9-13-32-11-1-2-12-32/h3-7,10,14-17,33H,1-2,9,11-13H2,(H,30,31). The summed E-state index contributed by atoms with van der Waals surface area (Å²) in [4.78, 5) is 6.94. The monoisotopic (exact) mass is 460 g/mol. The van der Waals surface area contributed by atoms with Gasteiger partial charge in [0.05, 0.1) is 16.2 Å². The Kier molecular flexibility index (Phi) is 6.16. The maximum atomic E-state index is 14.0. The minimum Gasteiger partial charge on any atom is -0.504 e. The van der Waals surface area contributed by atoms with Crippen LogP contribution >= 0.6 is 11.6 Å². The van der Waals surface area contributed by atoms with Gasteiger partial charge in [-0.1, -0.05) is 29.8 Å². The van der Waals surface area contributed by atoms with E-state index in [-0.39, 0.29) is 5.02 Å². The first-order valence-electron chi connectivity index (χ1n) is 11.1. The Morgan fingerprint density at radius 2 is 1.91 bits per heavy atom. The quantitative estimate of drug-likeness (QED) is 0.341. The van der Waals surface area contributed by atoms with E-state index in [9.17, 15) is 9.50 Å². The number of hydrogen-bond donors (Lipinski definition) is 2. The third kappa shape index (κ3) is 4.80. The molecule has 1 aromatic heterocycles. The second-order valence-corrected chi connectivity index (χ2v) is 8.83. The minimum absolute atomic E-state index is 0.0214. The first kappa shape index (κ1) is 21.7. The van der Waals surface area contributed by atoms with Gasteiger partial charge < -0.3 is 15.3 Å². The normalized spacial score (nSPS) is 14.1. The van der Waals surface area contributed by atoms with Crippen molar-refractivity contribution in [3.63, 3.8) is 0 Å². The van der Waals surface area contributed by atoms with E-state index in [0.717, 1.165) is 40.8 Å². The van der Waals surface area contributed by atoms with Crippen molar-refractivity contribution in [1.82, 2.24) is 9.88 Å². The number of pyridine rings is 1. The molecule has 0 bridgehead atoms. The number of benzene rings is 3. The number of fused-ring (bicyclic) bond motifs is 1. The number of likely N-dealkylation sites (tertiary alicyclic amines) is 1. The van der Waals surface area contributed by atoms with Crippen molar-refractivity contribution < 1.29 is 9.50 Å². The first-order chi connectivity index (χ1) is 16.1. The van der Waals surface area contributed by atoms with Gasteiger partial charge in [-0.2, -0.15) is 0 Å². The second-order valence-electron chi connectivity index (χ2n) is 8.42. The lowest BCUT2D eigenvalue weighted by Crippen LogP contribution is -2.21. The summed E-state index contributed by atoms with van der Waals surface area (Å²) in [6.45, 7) is 3.49. The van der Waals surface area contributed by atoms with Crippen LogP contribution in [0.5, 0.6) is 5.75 Å². The van der Waals surface area contributed by atoms with Gasteiger partial charge in [0.1, 0.15) is 0 Å². The zero-order chi connectivity index (χ0) is 22.8. The van der Waals surface area contributed by atoms with E-state index in [4.69, 9.17) is 11.6 Å². The number of phenols is 1. The molecule has 5 rings (SSSR count). The Morgan fingerprint density at radius 1 is 1.06 bits per heavy atom. The van der Waals surface area contributed by atoms with Crippen molar-refractivity contribution in [2.45, 2.75) is 19.3 Å². The molecule has 2 N–H and O–H groups in total. The van der Waals surface area contributed by atoms with E-state index in [1.165, 1.54) is 37.6 Å². The number of rotatable bonds is 6. The number of nitrogens with one attached hydrogen (secondary N) is 1. The summed E-state index contributed by atoms with van der Waals surface area (Å²) in [6.07, 6.45) is 5.28. The molecule has 4 nitrogen and oxygen atoms in total. The number of phenolic OH excluding ortho intramolecular Hbond substituents is 1. The lowest BCUT2D eigenvalue weighted by Gasteiger charge is -2.15. The zero-order valence-corrected chi connectivity index (χ0v) is 18.9. The summed E-state index contributed by atoms with van der Waals surface area (Å²) < 4.78 is 14.0. The van der Waals surface area contributed by atoms with Gasteiger partial charge in [-0.25, -0.2) is 4.39 Å². The second kappa shape index (κ2) is 9.38. The van der Waals surface area contributed by atoms with Gasteiger partial charge in [0.15, 0.2) is 11.6 Å². The summed E-state index contributed by atoms with van der Waals surface area (Å²) in [5.41, 5.74) is 5.23. The van der Waals surface area contributed by atoms with E-state index in [1.54, 1.807) is 12.3 Å². The Hall–Kier alpha value is -3.15. The lowest BCUT2D eigenvalue weighted by molar-refractivity contribution is 0.343. The molecule has 4 aromatic rings. The fourth-order valence-corrected chi connectivity index (χ4v) is 4.56. The molecule has 6 heteroatoms. The molecule has 2 heterocycles. The van der Waals surface area contributed by atoms with Gasteiger partial charge in [0.25, 0.3) is 0 Å². The van der Waals surface area contributed by atoms with Crippen LogP contribution < -0.4 is 5.32 Å². The highest BCUT2D eigenvalue weighted by Gasteiger charge is 2.13. The lowest BCUT2D eigenvalue weighted by atomic mass is 10.0. The van der Waals surface area contributed by atoms with Crippen LogP contribution in [-0.2, 0) is 6.42 Å². The Bertz CT molecular complexity index is 1280. The van der Waals surface area contributed by atoms with Crippen molar-refractivity contribution in [3.05, 3.63) is 83.3 Å². The molecule has 1 saturated heterocycles. The van der Waals surface area contributed by atoms with Crippen LogP contribution in [0.3, 0.4) is 0 Å². The van der Waals surface area contributed by atoms with Crippen molar-refractivity contribution in [2.24, 2.45) is 0 Å². The van der Waals surface area contributed by atoms with Crippen molar-refractivity contribution in [2.75, 3.05) is 25.0 Å². The SMILES string of the molecule is Oc1c(F)cc(-c2ccc3nc[c]c(Nc4cccc(CCN5CCCC5)c4)c3c2)cc1Cl. The number of aromatic nitrogens is 1. The van der Waals surface area contributed by atoms with Crippen LogP contribution in [0.15, 0.2) is 60.8 Å². The van der Waals surface area contributed by atoms with Crippen LogP contribution in [-0.4, -0.2) is 34.6 Å². The van der Waals surface area contributed by atoms with Crippen LogP contribution in [0, 0.1) is 11.9 Å². The van der Waals surface area contributed by atoms with E-state index in [0.29, 0.717) is 5.56 Å². The highest BCUT2D eigenvalue weighted by molar-refractivity contribution is 6.32. The number of hydrogen-bond acceptors (Lipinski definition) is 4. The highest BCUT2D eigenvalue weighted by atomic mass is 35.5. The van der Waals surface area contributed by atoms with Crippen molar-refractivity contribution >= 4 is 33.9 Å². The molecule has 1 radical (unpaired) electrons. The van der Waals surface area contributed by atoms with Crippen LogP contribution in [0.4, 0.5) is 15.8 Å².